The number of amides is 1. The fourth-order valence-corrected chi connectivity index (χ4v) is 6.46. The van der Waals surface area contributed by atoms with Crippen molar-refractivity contribution in [1.82, 2.24) is 5.32 Å². The minimum absolute atomic E-state index is 0.351. The second kappa shape index (κ2) is 5.28. The summed E-state index contributed by atoms with van der Waals surface area (Å²) < 4.78 is 0. The van der Waals surface area contributed by atoms with E-state index in [0.717, 1.165) is 30.1 Å². The summed E-state index contributed by atoms with van der Waals surface area (Å²) in [7, 11) is 0. The van der Waals surface area contributed by atoms with Crippen LogP contribution in [0.25, 0.3) is 0 Å². The molecule has 0 radical (unpaired) electrons. The van der Waals surface area contributed by atoms with Crippen molar-refractivity contribution < 1.29 is 4.79 Å². The van der Waals surface area contributed by atoms with Crippen LogP contribution in [-0.2, 0) is 4.79 Å². The first-order chi connectivity index (χ1) is 10.1. The zero-order chi connectivity index (χ0) is 14.4. The molecule has 5 aliphatic rings. The molecule has 0 aromatic carbocycles. The molecule has 5 rings (SSSR count). The summed E-state index contributed by atoms with van der Waals surface area (Å²) in [6.07, 6.45) is 14.7. The van der Waals surface area contributed by atoms with Gasteiger partial charge in [-0.15, -0.1) is 0 Å². The molecule has 5 fully saturated rings. The maximum Gasteiger partial charge on any atom is 0.220 e. The van der Waals surface area contributed by atoms with Crippen LogP contribution in [0.3, 0.4) is 0 Å². The number of rotatable bonds is 5. The third-order valence-corrected chi connectivity index (χ3v) is 7.02. The van der Waals surface area contributed by atoms with E-state index < -0.39 is 0 Å². The van der Waals surface area contributed by atoms with E-state index in [-0.39, 0.29) is 0 Å². The van der Waals surface area contributed by atoms with Gasteiger partial charge >= 0.3 is 0 Å². The summed E-state index contributed by atoms with van der Waals surface area (Å²) in [5.41, 5.74) is 0.398. The SMILES string of the molecule is CC(CC1CCC1)NC(=O)CC12CC3CC(CC(C3)C1)C2. The smallest absolute Gasteiger partial charge is 0.220 e. The van der Waals surface area contributed by atoms with Crippen molar-refractivity contribution in [1.29, 1.82) is 0 Å². The number of nitrogens with one attached hydrogen (secondary N) is 1. The van der Waals surface area contributed by atoms with E-state index in [1.54, 1.807) is 0 Å². The standard InChI is InChI=1S/C19H31NO/c1-13(5-14-3-2-4-14)20-18(21)12-19-9-15-6-16(10-19)8-17(7-15)11-19/h13-17H,2-12H2,1H3,(H,20,21). The van der Waals surface area contributed by atoms with Crippen molar-refractivity contribution in [3.8, 4) is 0 Å². The van der Waals surface area contributed by atoms with Crippen LogP contribution in [0.15, 0.2) is 0 Å². The number of carbonyl (C=O) groups excluding carboxylic acids is 1. The summed E-state index contributed by atoms with van der Waals surface area (Å²) in [4.78, 5) is 12.5. The maximum atomic E-state index is 12.5. The molecule has 118 valence electrons. The fourth-order valence-electron chi connectivity index (χ4n) is 6.46. The topological polar surface area (TPSA) is 29.1 Å². The van der Waals surface area contributed by atoms with Crippen LogP contribution in [0.5, 0.6) is 0 Å². The lowest BCUT2D eigenvalue weighted by Gasteiger charge is -2.56. The van der Waals surface area contributed by atoms with Crippen molar-refractivity contribution in [2.24, 2.45) is 29.1 Å². The molecule has 2 heteroatoms. The number of hydrogen-bond acceptors (Lipinski definition) is 1. The number of carbonyl (C=O) groups is 1. The average Bonchev–Trinajstić information content (AvgIpc) is 2.31. The molecule has 0 heterocycles. The lowest BCUT2D eigenvalue weighted by Crippen LogP contribution is -2.48. The van der Waals surface area contributed by atoms with Gasteiger partial charge in [0.05, 0.1) is 0 Å². The monoisotopic (exact) mass is 289 g/mol. The highest BCUT2D eigenvalue weighted by Crippen LogP contribution is 2.61. The predicted octanol–water partition coefficient (Wildman–Crippen LogP) is 4.29. The van der Waals surface area contributed by atoms with Gasteiger partial charge in [0.2, 0.25) is 5.91 Å². The fraction of sp³-hybridized carbons (Fsp3) is 0.947. The molecule has 1 amide bonds. The Morgan fingerprint density at radius 2 is 1.67 bits per heavy atom. The molecule has 0 spiro atoms. The van der Waals surface area contributed by atoms with E-state index in [0.29, 0.717) is 17.4 Å². The summed E-state index contributed by atoms with van der Waals surface area (Å²) >= 11 is 0. The highest BCUT2D eigenvalue weighted by atomic mass is 16.1. The molecule has 1 N–H and O–H groups in total. The van der Waals surface area contributed by atoms with Crippen LogP contribution < -0.4 is 5.32 Å². The van der Waals surface area contributed by atoms with Crippen LogP contribution in [0.2, 0.25) is 0 Å². The zero-order valence-electron chi connectivity index (χ0n) is 13.6. The second-order valence-electron chi connectivity index (χ2n) is 9.10. The van der Waals surface area contributed by atoms with Crippen molar-refractivity contribution >= 4 is 5.91 Å². The molecule has 0 aromatic heterocycles. The first-order valence-electron chi connectivity index (χ1n) is 9.40. The van der Waals surface area contributed by atoms with Crippen LogP contribution >= 0.6 is 0 Å². The van der Waals surface area contributed by atoms with Crippen molar-refractivity contribution in [2.45, 2.75) is 83.6 Å². The Labute approximate surface area is 129 Å². The summed E-state index contributed by atoms with van der Waals surface area (Å²) in [5.74, 6) is 4.10. The van der Waals surface area contributed by atoms with Gasteiger partial charge in [0.25, 0.3) is 0 Å². The van der Waals surface area contributed by atoms with Gasteiger partial charge in [0.15, 0.2) is 0 Å². The Balaban J connectivity index is 1.31. The molecule has 0 aromatic rings. The minimum Gasteiger partial charge on any atom is -0.354 e. The largest absolute Gasteiger partial charge is 0.354 e. The van der Waals surface area contributed by atoms with Crippen molar-refractivity contribution in [2.75, 3.05) is 0 Å². The van der Waals surface area contributed by atoms with E-state index >= 15 is 0 Å². The molecule has 5 aliphatic carbocycles. The van der Waals surface area contributed by atoms with Crippen LogP contribution in [0.1, 0.15) is 77.6 Å². The highest BCUT2D eigenvalue weighted by Gasteiger charge is 2.51. The maximum absolute atomic E-state index is 12.5. The quantitative estimate of drug-likeness (QED) is 0.804. The Morgan fingerprint density at radius 1 is 1.10 bits per heavy atom. The van der Waals surface area contributed by atoms with Gasteiger partial charge < -0.3 is 5.32 Å². The molecule has 1 atom stereocenters. The Morgan fingerprint density at radius 3 is 2.14 bits per heavy atom. The Hall–Kier alpha value is -0.530. The van der Waals surface area contributed by atoms with E-state index in [1.165, 1.54) is 64.2 Å². The molecule has 1 unspecified atom stereocenters. The normalized spacial score (nSPS) is 42.6. The van der Waals surface area contributed by atoms with E-state index in [1.807, 2.05) is 0 Å². The van der Waals surface area contributed by atoms with Crippen LogP contribution in [0, 0.1) is 29.1 Å². The van der Waals surface area contributed by atoms with Crippen LogP contribution in [0.4, 0.5) is 0 Å². The first kappa shape index (κ1) is 14.1. The molecular weight excluding hydrogens is 258 g/mol. The lowest BCUT2D eigenvalue weighted by molar-refractivity contribution is -0.130. The second-order valence-corrected chi connectivity index (χ2v) is 9.10. The molecule has 21 heavy (non-hydrogen) atoms. The third-order valence-electron chi connectivity index (χ3n) is 7.02. The lowest BCUT2D eigenvalue weighted by atomic mass is 9.49. The van der Waals surface area contributed by atoms with Crippen molar-refractivity contribution in [3.63, 3.8) is 0 Å². The van der Waals surface area contributed by atoms with Gasteiger partial charge in [0, 0.05) is 12.5 Å². The zero-order valence-corrected chi connectivity index (χ0v) is 13.6. The molecule has 0 aliphatic heterocycles. The predicted molar refractivity (Wildman–Crippen MR) is 84.8 cm³/mol. The molecular formula is C19H31NO. The van der Waals surface area contributed by atoms with Gasteiger partial charge in [-0.2, -0.15) is 0 Å². The van der Waals surface area contributed by atoms with E-state index in [9.17, 15) is 4.79 Å². The molecule has 5 saturated carbocycles. The average molecular weight is 289 g/mol. The summed E-state index contributed by atoms with van der Waals surface area (Å²) in [6, 6.07) is 0.386. The summed E-state index contributed by atoms with van der Waals surface area (Å²) in [5, 5.41) is 3.32. The molecule has 4 bridgehead atoms. The van der Waals surface area contributed by atoms with Gasteiger partial charge in [-0.25, -0.2) is 0 Å². The summed E-state index contributed by atoms with van der Waals surface area (Å²) in [6.45, 7) is 2.20. The van der Waals surface area contributed by atoms with Crippen molar-refractivity contribution in [3.05, 3.63) is 0 Å². The van der Waals surface area contributed by atoms with Gasteiger partial charge in [-0.3, -0.25) is 4.79 Å². The third kappa shape index (κ3) is 2.87. The van der Waals surface area contributed by atoms with E-state index in [2.05, 4.69) is 12.2 Å². The Kier molecular flexibility index (Phi) is 3.54. The molecule has 2 nitrogen and oxygen atoms in total. The Bertz CT molecular complexity index is 377. The molecule has 0 saturated heterocycles. The van der Waals surface area contributed by atoms with Crippen LogP contribution in [-0.4, -0.2) is 11.9 Å². The van der Waals surface area contributed by atoms with Gasteiger partial charge in [-0.05, 0) is 81.0 Å². The van der Waals surface area contributed by atoms with E-state index in [4.69, 9.17) is 0 Å². The number of hydrogen-bond donors (Lipinski definition) is 1. The van der Waals surface area contributed by atoms with Gasteiger partial charge in [-0.1, -0.05) is 19.3 Å². The highest BCUT2D eigenvalue weighted by molar-refractivity contribution is 5.77. The minimum atomic E-state index is 0.351. The first-order valence-corrected chi connectivity index (χ1v) is 9.40. The van der Waals surface area contributed by atoms with Gasteiger partial charge in [0.1, 0.15) is 0 Å².